The molecule has 0 saturated heterocycles. The van der Waals surface area contributed by atoms with Gasteiger partial charge in [0.05, 0.1) is 19.0 Å². The smallest absolute Gasteiger partial charge is 0.214 e. The van der Waals surface area contributed by atoms with Crippen molar-refractivity contribution < 1.29 is 9.53 Å². The van der Waals surface area contributed by atoms with Crippen molar-refractivity contribution >= 4 is 12.1 Å². The molecule has 0 saturated carbocycles. The van der Waals surface area contributed by atoms with Gasteiger partial charge in [0.2, 0.25) is 12.3 Å². The molecule has 0 aromatic carbocycles. The highest BCUT2D eigenvalue weighted by Gasteiger charge is 2.19. The van der Waals surface area contributed by atoms with Gasteiger partial charge in [0.25, 0.3) is 0 Å². The largest absolute Gasteiger partial charge is 0.481 e. The molecule has 13 heavy (non-hydrogen) atoms. The summed E-state index contributed by atoms with van der Waals surface area (Å²) in [6.45, 7) is 0.744. The fourth-order valence-corrected chi connectivity index (χ4v) is 1.51. The SMILES string of the molecule is COc1cc2c(cn1)N(C=O)CC2. The minimum absolute atomic E-state index is 0.603. The van der Waals surface area contributed by atoms with Crippen LogP contribution in [0.5, 0.6) is 5.88 Å². The Morgan fingerprint density at radius 2 is 2.54 bits per heavy atom. The van der Waals surface area contributed by atoms with Crippen LogP contribution in [0.25, 0.3) is 0 Å². The molecule has 4 heteroatoms. The summed E-state index contributed by atoms with van der Waals surface area (Å²) in [5, 5.41) is 0. The van der Waals surface area contributed by atoms with E-state index in [1.165, 1.54) is 0 Å². The van der Waals surface area contributed by atoms with Gasteiger partial charge in [-0.15, -0.1) is 0 Å². The maximum Gasteiger partial charge on any atom is 0.214 e. The Kier molecular flexibility index (Phi) is 1.88. The van der Waals surface area contributed by atoms with E-state index >= 15 is 0 Å². The number of fused-ring (bicyclic) bond motifs is 1. The van der Waals surface area contributed by atoms with Crippen LogP contribution < -0.4 is 9.64 Å². The van der Waals surface area contributed by atoms with Gasteiger partial charge in [0.1, 0.15) is 0 Å². The third-order valence-electron chi connectivity index (χ3n) is 2.21. The van der Waals surface area contributed by atoms with Crippen LogP contribution in [0.3, 0.4) is 0 Å². The van der Waals surface area contributed by atoms with E-state index in [1.807, 2.05) is 6.07 Å². The van der Waals surface area contributed by atoms with Gasteiger partial charge in [-0.1, -0.05) is 0 Å². The lowest BCUT2D eigenvalue weighted by atomic mass is 10.2. The van der Waals surface area contributed by atoms with E-state index < -0.39 is 0 Å². The Labute approximate surface area is 76.1 Å². The van der Waals surface area contributed by atoms with Crippen molar-refractivity contribution in [3.8, 4) is 5.88 Å². The molecule has 1 aromatic rings. The summed E-state index contributed by atoms with van der Waals surface area (Å²) in [7, 11) is 1.58. The van der Waals surface area contributed by atoms with Gasteiger partial charge in [-0.2, -0.15) is 0 Å². The zero-order valence-corrected chi connectivity index (χ0v) is 7.36. The third-order valence-corrected chi connectivity index (χ3v) is 2.21. The van der Waals surface area contributed by atoms with Crippen LogP contribution in [0.15, 0.2) is 12.3 Å². The maximum absolute atomic E-state index is 10.6. The standard InChI is InChI=1S/C9H10N2O2/c1-13-9-4-7-2-3-11(6-12)8(7)5-10-9/h4-6H,2-3H2,1H3. The molecule has 68 valence electrons. The molecule has 4 nitrogen and oxygen atoms in total. The summed E-state index contributed by atoms with van der Waals surface area (Å²) in [5.41, 5.74) is 2.02. The fourth-order valence-electron chi connectivity index (χ4n) is 1.51. The number of methoxy groups -OCH3 is 1. The molecular formula is C9H10N2O2. The molecule has 0 radical (unpaired) electrons. The van der Waals surface area contributed by atoms with Crippen LogP contribution in [0.1, 0.15) is 5.56 Å². The Morgan fingerprint density at radius 1 is 1.69 bits per heavy atom. The van der Waals surface area contributed by atoms with Crippen LogP contribution in [0, 0.1) is 0 Å². The quantitative estimate of drug-likeness (QED) is 0.623. The number of carbonyl (C=O) groups excluding carboxylic acids is 1. The fraction of sp³-hybridized carbons (Fsp3) is 0.333. The summed E-state index contributed by atoms with van der Waals surface area (Å²) in [5.74, 6) is 0.603. The Balaban J connectivity index is 2.40. The molecule has 0 bridgehead atoms. The van der Waals surface area contributed by atoms with Crippen LogP contribution >= 0.6 is 0 Å². The second-order valence-electron chi connectivity index (χ2n) is 2.90. The van der Waals surface area contributed by atoms with Gasteiger partial charge in [0.15, 0.2) is 0 Å². The van der Waals surface area contributed by atoms with Gasteiger partial charge < -0.3 is 9.64 Å². The van der Waals surface area contributed by atoms with Crippen LogP contribution in [-0.4, -0.2) is 25.0 Å². The Hall–Kier alpha value is -1.58. The van der Waals surface area contributed by atoms with Gasteiger partial charge in [-0.05, 0) is 12.0 Å². The van der Waals surface area contributed by atoms with Gasteiger partial charge in [0, 0.05) is 12.6 Å². The molecule has 1 amide bonds. The molecule has 0 aliphatic carbocycles. The van der Waals surface area contributed by atoms with Crippen molar-refractivity contribution in [2.45, 2.75) is 6.42 Å². The highest BCUT2D eigenvalue weighted by atomic mass is 16.5. The van der Waals surface area contributed by atoms with Crippen molar-refractivity contribution in [3.05, 3.63) is 17.8 Å². The summed E-state index contributed by atoms with van der Waals surface area (Å²) in [6.07, 6.45) is 3.39. The number of anilines is 1. The number of amides is 1. The molecule has 0 atom stereocenters. The molecule has 1 aromatic heterocycles. The number of aromatic nitrogens is 1. The zero-order valence-electron chi connectivity index (χ0n) is 7.36. The lowest BCUT2D eigenvalue weighted by Crippen LogP contribution is -2.17. The van der Waals surface area contributed by atoms with E-state index in [9.17, 15) is 4.79 Å². The first kappa shape index (κ1) is 8.04. The monoisotopic (exact) mass is 178 g/mol. The first-order valence-electron chi connectivity index (χ1n) is 4.10. The van der Waals surface area contributed by atoms with Gasteiger partial charge in [-0.3, -0.25) is 4.79 Å². The van der Waals surface area contributed by atoms with Gasteiger partial charge >= 0.3 is 0 Å². The number of nitrogens with zero attached hydrogens (tertiary/aromatic N) is 2. The average Bonchev–Trinajstić information content (AvgIpc) is 2.59. The number of rotatable bonds is 2. The lowest BCUT2D eigenvalue weighted by molar-refractivity contribution is -0.107. The molecule has 0 fully saturated rings. The van der Waals surface area contributed by atoms with Crippen molar-refractivity contribution in [2.24, 2.45) is 0 Å². The molecule has 0 unspecified atom stereocenters. The van der Waals surface area contributed by atoms with E-state index in [2.05, 4.69) is 4.98 Å². The molecule has 0 spiro atoms. The molecule has 2 heterocycles. The van der Waals surface area contributed by atoms with Crippen LogP contribution in [0.4, 0.5) is 5.69 Å². The summed E-state index contributed by atoms with van der Waals surface area (Å²) in [4.78, 5) is 16.3. The zero-order chi connectivity index (χ0) is 9.26. The van der Waals surface area contributed by atoms with Crippen LogP contribution in [0.2, 0.25) is 0 Å². The minimum atomic E-state index is 0.603. The summed E-state index contributed by atoms with van der Waals surface area (Å²) < 4.78 is 4.99. The minimum Gasteiger partial charge on any atom is -0.481 e. The maximum atomic E-state index is 10.6. The second-order valence-corrected chi connectivity index (χ2v) is 2.90. The normalized spacial score (nSPS) is 14.1. The molecule has 1 aliphatic heterocycles. The number of carbonyl (C=O) groups is 1. The first-order chi connectivity index (χ1) is 6.35. The van der Waals surface area contributed by atoms with Crippen molar-refractivity contribution in [1.82, 2.24) is 4.98 Å². The molecule has 1 aliphatic rings. The van der Waals surface area contributed by atoms with Crippen molar-refractivity contribution in [2.75, 3.05) is 18.6 Å². The third kappa shape index (κ3) is 1.24. The first-order valence-corrected chi connectivity index (χ1v) is 4.10. The number of hydrogen-bond acceptors (Lipinski definition) is 3. The number of pyridine rings is 1. The van der Waals surface area contributed by atoms with E-state index in [-0.39, 0.29) is 0 Å². The average molecular weight is 178 g/mol. The number of ether oxygens (including phenoxy) is 1. The Morgan fingerprint density at radius 3 is 3.23 bits per heavy atom. The van der Waals surface area contributed by atoms with Crippen LogP contribution in [-0.2, 0) is 11.2 Å². The van der Waals surface area contributed by atoms with Crippen molar-refractivity contribution in [1.29, 1.82) is 0 Å². The predicted octanol–water partition coefficient (Wildman–Crippen LogP) is 0.609. The van der Waals surface area contributed by atoms with E-state index in [0.717, 1.165) is 30.6 Å². The number of hydrogen-bond donors (Lipinski definition) is 0. The molecule has 0 N–H and O–H groups in total. The Bertz CT molecular complexity index is 338. The van der Waals surface area contributed by atoms with E-state index in [0.29, 0.717) is 5.88 Å². The second kappa shape index (κ2) is 3.05. The van der Waals surface area contributed by atoms with E-state index in [1.54, 1.807) is 18.2 Å². The molecule has 2 rings (SSSR count). The summed E-state index contributed by atoms with van der Waals surface area (Å²) in [6, 6.07) is 1.87. The highest BCUT2D eigenvalue weighted by Crippen LogP contribution is 2.27. The topological polar surface area (TPSA) is 42.4 Å². The van der Waals surface area contributed by atoms with E-state index in [4.69, 9.17) is 4.74 Å². The van der Waals surface area contributed by atoms with Crippen molar-refractivity contribution in [3.63, 3.8) is 0 Å². The molecular weight excluding hydrogens is 168 g/mol. The highest BCUT2D eigenvalue weighted by molar-refractivity contribution is 5.79. The van der Waals surface area contributed by atoms with Gasteiger partial charge in [-0.25, -0.2) is 4.98 Å². The summed E-state index contributed by atoms with van der Waals surface area (Å²) >= 11 is 0. The lowest BCUT2D eigenvalue weighted by Gasteiger charge is -2.09. The predicted molar refractivity (Wildman–Crippen MR) is 47.9 cm³/mol.